The molecule has 0 unspecified atom stereocenters. The molecule has 2 bridgehead atoms. The van der Waals surface area contributed by atoms with Crippen LogP contribution in [-0.2, 0) is 25.4 Å². The minimum Gasteiger partial charge on any atom is -0.391 e. The Bertz CT molecular complexity index is 1170. The summed E-state index contributed by atoms with van der Waals surface area (Å²) in [4.78, 5) is 51.9. The molecule has 4 fully saturated rings. The monoisotopic (exact) mass is 525 g/mol. The van der Waals surface area contributed by atoms with Gasteiger partial charge < -0.3 is 15.1 Å². The number of carbonyl (C=O) groups excluding carboxylic acids is 3. The third kappa shape index (κ3) is 3.47. The van der Waals surface area contributed by atoms with Crippen molar-refractivity contribution in [1.82, 2.24) is 14.8 Å². The highest BCUT2D eigenvalue weighted by Crippen LogP contribution is 2.61. The summed E-state index contributed by atoms with van der Waals surface area (Å²) in [5.41, 5.74) is -0.596. The Morgan fingerprint density at radius 2 is 1.83 bits per heavy atom. The molecule has 36 heavy (non-hydrogen) atoms. The molecule has 2 saturated carbocycles. The number of alkyl halides is 3. The molecule has 3 aliphatic heterocycles. The maximum atomic E-state index is 13.3. The van der Waals surface area contributed by atoms with Gasteiger partial charge in [-0.2, -0.15) is 13.2 Å². The first-order valence-corrected chi connectivity index (χ1v) is 12.4. The van der Waals surface area contributed by atoms with Crippen LogP contribution in [0.15, 0.2) is 17.4 Å². The van der Waals surface area contributed by atoms with Gasteiger partial charge in [-0.1, -0.05) is 16.8 Å². The van der Waals surface area contributed by atoms with Crippen molar-refractivity contribution < 1.29 is 32.4 Å². The van der Waals surface area contributed by atoms with E-state index in [2.05, 4.69) is 15.5 Å². The van der Waals surface area contributed by atoms with E-state index in [0.29, 0.717) is 31.4 Å². The van der Waals surface area contributed by atoms with Gasteiger partial charge in [0.15, 0.2) is 5.71 Å². The summed E-state index contributed by atoms with van der Waals surface area (Å²) in [6, 6.07) is 0.770. The Labute approximate surface area is 209 Å². The van der Waals surface area contributed by atoms with Crippen LogP contribution in [0.25, 0.3) is 0 Å². The van der Waals surface area contributed by atoms with Crippen molar-refractivity contribution in [3.8, 4) is 0 Å². The van der Waals surface area contributed by atoms with Crippen molar-refractivity contribution in [1.29, 1.82) is 0 Å². The molecule has 1 N–H and O–H groups in total. The van der Waals surface area contributed by atoms with Crippen LogP contribution in [0.2, 0.25) is 5.02 Å². The van der Waals surface area contributed by atoms with Crippen molar-refractivity contribution in [2.75, 3.05) is 31.5 Å². The molecule has 0 aromatic carbocycles. The number of carbonyl (C=O) groups is 3. The lowest BCUT2D eigenvalue weighted by atomic mass is 9.72. The number of halogens is 4. The number of oxime groups is 1. The first-order valence-electron chi connectivity index (χ1n) is 12.0. The molecular formula is C23H23ClF3N5O4. The summed E-state index contributed by atoms with van der Waals surface area (Å²) in [6.07, 6.45) is -1.72. The molecule has 0 spiro atoms. The van der Waals surface area contributed by atoms with Crippen molar-refractivity contribution in [2.24, 2.45) is 34.7 Å². The molecule has 2 aliphatic carbocycles. The standard InChI is InChI=1S/C23H23ClF3N5O4/c24-13-7-10(23(25,26)27)9-29-19(13)28-3-6-32-20(33)14-11-8-12(15(14)21(32)34)18-16(11)17(30-36-18)22(35)31-4-1-2-5-31/h7,9,11-12,14-16,18H,1-6,8H2,(H,28,29)/t11-,12+,14+,15+,16-,18-/m1/s1. The van der Waals surface area contributed by atoms with E-state index in [9.17, 15) is 27.6 Å². The van der Waals surface area contributed by atoms with E-state index in [-0.39, 0.29) is 65.5 Å². The van der Waals surface area contributed by atoms with Crippen LogP contribution >= 0.6 is 11.6 Å². The molecule has 192 valence electrons. The van der Waals surface area contributed by atoms with Gasteiger partial charge >= 0.3 is 6.18 Å². The van der Waals surface area contributed by atoms with E-state index >= 15 is 0 Å². The molecule has 6 atom stereocenters. The average Bonchev–Trinajstić information content (AvgIpc) is 3.63. The van der Waals surface area contributed by atoms with Crippen LogP contribution in [0.5, 0.6) is 0 Å². The highest BCUT2D eigenvalue weighted by atomic mass is 35.5. The number of nitrogens with one attached hydrogen (secondary N) is 1. The number of nitrogens with zero attached hydrogens (tertiary/aromatic N) is 4. The maximum Gasteiger partial charge on any atom is 0.417 e. The number of amides is 3. The second-order valence-electron chi connectivity index (χ2n) is 9.99. The first kappa shape index (κ1) is 23.5. The van der Waals surface area contributed by atoms with Gasteiger partial charge in [0, 0.05) is 38.3 Å². The molecule has 2 saturated heterocycles. The van der Waals surface area contributed by atoms with Gasteiger partial charge in [0.2, 0.25) is 11.8 Å². The van der Waals surface area contributed by atoms with Crippen LogP contribution in [0.1, 0.15) is 24.8 Å². The van der Waals surface area contributed by atoms with Gasteiger partial charge in [-0.25, -0.2) is 4.98 Å². The van der Waals surface area contributed by atoms with E-state index in [1.54, 1.807) is 4.90 Å². The molecule has 3 amide bonds. The van der Waals surface area contributed by atoms with Crippen LogP contribution < -0.4 is 5.32 Å². The number of imide groups is 1. The van der Waals surface area contributed by atoms with Gasteiger partial charge in [-0.15, -0.1) is 0 Å². The number of likely N-dealkylation sites (tertiary alicyclic amines) is 2. The van der Waals surface area contributed by atoms with Crippen LogP contribution in [0, 0.1) is 29.6 Å². The third-order valence-electron chi connectivity index (χ3n) is 8.19. The lowest BCUT2D eigenvalue weighted by molar-refractivity contribution is -0.141. The quantitative estimate of drug-likeness (QED) is 0.592. The van der Waals surface area contributed by atoms with Crippen LogP contribution in [0.3, 0.4) is 0 Å². The summed E-state index contributed by atoms with van der Waals surface area (Å²) in [5, 5.41) is 6.70. The van der Waals surface area contributed by atoms with Crippen molar-refractivity contribution in [3.05, 3.63) is 22.8 Å². The van der Waals surface area contributed by atoms with Crippen molar-refractivity contribution >= 4 is 40.9 Å². The topological polar surface area (TPSA) is 104 Å². The maximum absolute atomic E-state index is 13.3. The number of aromatic nitrogens is 1. The van der Waals surface area contributed by atoms with Crippen molar-refractivity contribution in [2.45, 2.75) is 31.5 Å². The van der Waals surface area contributed by atoms with Crippen molar-refractivity contribution in [3.63, 3.8) is 0 Å². The Kier molecular flexibility index (Phi) is 5.43. The Hall–Kier alpha value is -2.89. The number of fused-ring (bicyclic) bond motifs is 8. The second-order valence-corrected chi connectivity index (χ2v) is 10.4. The van der Waals surface area contributed by atoms with E-state index in [4.69, 9.17) is 16.4 Å². The predicted octanol–water partition coefficient (Wildman–Crippen LogP) is 2.41. The fourth-order valence-electron chi connectivity index (χ4n) is 6.67. The molecule has 9 nitrogen and oxygen atoms in total. The summed E-state index contributed by atoms with van der Waals surface area (Å²) in [7, 11) is 0. The number of rotatable bonds is 5. The number of pyridine rings is 1. The average molecular weight is 526 g/mol. The summed E-state index contributed by atoms with van der Waals surface area (Å²) >= 11 is 5.92. The zero-order valence-corrected chi connectivity index (χ0v) is 19.8. The van der Waals surface area contributed by atoms with Gasteiger partial charge in [-0.05, 0) is 31.2 Å². The number of hydrogen-bond donors (Lipinski definition) is 1. The zero-order chi connectivity index (χ0) is 25.4. The van der Waals surface area contributed by atoms with E-state index in [1.165, 1.54) is 4.90 Å². The molecule has 0 radical (unpaired) electrons. The minimum absolute atomic E-state index is 0.0208. The van der Waals surface area contributed by atoms with Crippen LogP contribution in [0.4, 0.5) is 19.0 Å². The fraction of sp³-hybridized carbons (Fsp3) is 0.609. The summed E-state index contributed by atoms with van der Waals surface area (Å²) < 4.78 is 38.4. The van der Waals surface area contributed by atoms with Gasteiger partial charge in [0.25, 0.3) is 5.91 Å². The van der Waals surface area contributed by atoms with E-state index < -0.39 is 23.6 Å². The Morgan fingerprint density at radius 1 is 1.14 bits per heavy atom. The van der Waals surface area contributed by atoms with Gasteiger partial charge in [0.1, 0.15) is 11.9 Å². The minimum atomic E-state index is -4.56. The second kappa shape index (κ2) is 8.32. The molecule has 6 rings (SSSR count). The smallest absolute Gasteiger partial charge is 0.391 e. The Balaban J connectivity index is 1.12. The third-order valence-corrected chi connectivity index (χ3v) is 8.48. The largest absolute Gasteiger partial charge is 0.417 e. The SMILES string of the molecule is O=C(C1=NO[C@@H]2[C@H]3C[C@@H]([C@H]12)[C@@H]1C(=O)N(CCNc2ncc(C(F)(F)F)cc2Cl)C(=O)[C@@H]31)N1CCCC1. The number of hydrogen-bond acceptors (Lipinski definition) is 7. The zero-order valence-electron chi connectivity index (χ0n) is 19.0. The molecule has 4 heterocycles. The van der Waals surface area contributed by atoms with E-state index in [1.807, 2.05) is 0 Å². The molecule has 13 heteroatoms. The normalized spacial score (nSPS) is 32.6. The van der Waals surface area contributed by atoms with E-state index in [0.717, 1.165) is 18.9 Å². The molecule has 1 aromatic heterocycles. The van der Waals surface area contributed by atoms with Gasteiger partial charge in [-0.3, -0.25) is 19.3 Å². The summed E-state index contributed by atoms with van der Waals surface area (Å²) in [6.45, 7) is 1.47. The highest BCUT2D eigenvalue weighted by Gasteiger charge is 2.70. The Morgan fingerprint density at radius 3 is 2.50 bits per heavy atom. The first-order chi connectivity index (χ1) is 17.2. The highest BCUT2D eigenvalue weighted by molar-refractivity contribution is 6.40. The fourth-order valence-corrected chi connectivity index (χ4v) is 6.91. The number of anilines is 1. The molecule has 5 aliphatic rings. The lowest BCUT2D eigenvalue weighted by Crippen LogP contribution is -2.45. The lowest BCUT2D eigenvalue weighted by Gasteiger charge is -2.30. The van der Waals surface area contributed by atoms with Gasteiger partial charge in [0.05, 0.1) is 28.3 Å². The van der Waals surface area contributed by atoms with Crippen LogP contribution in [-0.4, -0.2) is 70.5 Å². The molecular weight excluding hydrogens is 503 g/mol. The predicted molar refractivity (Wildman–Crippen MR) is 120 cm³/mol. The summed E-state index contributed by atoms with van der Waals surface area (Å²) in [5.74, 6) is -2.35. The molecule has 1 aromatic rings.